The number of halogens is 1. The van der Waals surface area contributed by atoms with Crippen LogP contribution in [0.5, 0.6) is 5.88 Å². The van der Waals surface area contributed by atoms with E-state index in [1.54, 1.807) is 10.9 Å². The fraction of sp³-hybridized carbons (Fsp3) is 0.750. The van der Waals surface area contributed by atoms with Crippen molar-refractivity contribution in [2.45, 2.75) is 52.8 Å². The number of hydrogen-bond donors (Lipinski definition) is 0. The summed E-state index contributed by atoms with van der Waals surface area (Å²) in [6.45, 7) is 10.7. The molecule has 1 aromatic rings. The van der Waals surface area contributed by atoms with Crippen molar-refractivity contribution in [2.75, 3.05) is 6.61 Å². The molecule has 4 heteroatoms. The lowest BCUT2D eigenvalue weighted by atomic mass is 9.89. The van der Waals surface area contributed by atoms with Gasteiger partial charge < -0.3 is 4.74 Å². The minimum atomic E-state index is -0.935. The van der Waals surface area contributed by atoms with Crippen LogP contribution < -0.4 is 4.74 Å². The van der Waals surface area contributed by atoms with Crippen molar-refractivity contribution in [3.05, 3.63) is 11.8 Å². The van der Waals surface area contributed by atoms with Crippen molar-refractivity contribution in [1.82, 2.24) is 9.78 Å². The smallest absolute Gasteiger partial charge is 0.215 e. The summed E-state index contributed by atoms with van der Waals surface area (Å²) in [5.74, 6) is 0.728. The number of nitrogens with zero attached hydrogens (tertiary/aromatic N) is 2. The van der Waals surface area contributed by atoms with E-state index in [2.05, 4.69) is 25.9 Å². The van der Waals surface area contributed by atoms with Crippen molar-refractivity contribution >= 4 is 0 Å². The van der Waals surface area contributed by atoms with E-state index >= 15 is 0 Å². The molecule has 1 unspecified atom stereocenters. The van der Waals surface area contributed by atoms with Crippen molar-refractivity contribution < 1.29 is 9.13 Å². The molecule has 1 aliphatic heterocycles. The lowest BCUT2D eigenvalue weighted by Crippen LogP contribution is -2.28. The Labute approximate surface area is 96.6 Å². The highest BCUT2D eigenvalue weighted by atomic mass is 19.1. The predicted molar refractivity (Wildman–Crippen MR) is 62.7 cm³/mol. The van der Waals surface area contributed by atoms with E-state index in [1.165, 1.54) is 0 Å². The highest BCUT2D eigenvalue weighted by Gasteiger charge is 2.28. The van der Waals surface area contributed by atoms with Gasteiger partial charge in [0.05, 0.1) is 12.7 Å². The van der Waals surface area contributed by atoms with Gasteiger partial charge in [0.1, 0.15) is 6.61 Å². The van der Waals surface area contributed by atoms with E-state index in [4.69, 9.17) is 4.74 Å². The van der Waals surface area contributed by atoms with Crippen molar-refractivity contribution in [3.63, 3.8) is 0 Å². The predicted octanol–water partition coefficient (Wildman–Crippen LogP) is 2.94. The Balaban J connectivity index is 0.000000606. The van der Waals surface area contributed by atoms with Crippen LogP contribution in [0.15, 0.2) is 6.20 Å². The van der Waals surface area contributed by atoms with Crippen LogP contribution in [0.4, 0.5) is 4.39 Å². The standard InChI is InChI=1S/C10H15FN2O.C2H6/c1-10(2,3)8-4-12-13-5-7(11)6-14-9(8)13;1-2/h4,7H,5-6H2,1-3H3;1-2H3. The summed E-state index contributed by atoms with van der Waals surface area (Å²) < 4.78 is 19.9. The molecule has 0 saturated heterocycles. The molecule has 1 aliphatic rings. The monoisotopic (exact) mass is 228 g/mol. The third kappa shape index (κ3) is 2.54. The third-order valence-electron chi connectivity index (χ3n) is 2.37. The molecule has 0 radical (unpaired) electrons. The molecule has 16 heavy (non-hydrogen) atoms. The van der Waals surface area contributed by atoms with Crippen LogP contribution in [0.3, 0.4) is 0 Å². The Kier molecular flexibility index (Phi) is 3.94. The Bertz CT molecular complexity index is 341. The first kappa shape index (κ1) is 13.0. The first-order valence-corrected chi connectivity index (χ1v) is 5.81. The zero-order valence-corrected chi connectivity index (χ0v) is 10.7. The summed E-state index contributed by atoms with van der Waals surface area (Å²) in [5, 5.41) is 4.13. The second kappa shape index (κ2) is 4.85. The van der Waals surface area contributed by atoms with E-state index in [1.807, 2.05) is 13.8 Å². The quantitative estimate of drug-likeness (QED) is 0.682. The van der Waals surface area contributed by atoms with Gasteiger partial charge in [0, 0.05) is 5.56 Å². The second-order valence-corrected chi connectivity index (χ2v) is 4.70. The molecule has 0 aliphatic carbocycles. The number of fused-ring (bicyclic) bond motifs is 1. The van der Waals surface area contributed by atoms with E-state index in [-0.39, 0.29) is 12.0 Å². The van der Waals surface area contributed by atoms with Crippen LogP contribution in [0.1, 0.15) is 40.2 Å². The Morgan fingerprint density at radius 2 is 2.06 bits per heavy atom. The van der Waals surface area contributed by atoms with E-state index in [0.29, 0.717) is 6.54 Å². The number of ether oxygens (including phenoxy) is 1. The molecular weight excluding hydrogens is 207 g/mol. The van der Waals surface area contributed by atoms with Gasteiger partial charge in [-0.1, -0.05) is 34.6 Å². The van der Waals surface area contributed by atoms with E-state index < -0.39 is 6.17 Å². The van der Waals surface area contributed by atoms with Gasteiger partial charge in [0.25, 0.3) is 0 Å². The van der Waals surface area contributed by atoms with Gasteiger partial charge in [0.15, 0.2) is 6.17 Å². The molecule has 0 bridgehead atoms. The maximum absolute atomic E-state index is 13.0. The first-order chi connectivity index (χ1) is 7.48. The van der Waals surface area contributed by atoms with Crippen LogP contribution in [-0.4, -0.2) is 22.6 Å². The average molecular weight is 228 g/mol. The number of hydrogen-bond acceptors (Lipinski definition) is 2. The third-order valence-corrected chi connectivity index (χ3v) is 2.37. The first-order valence-electron chi connectivity index (χ1n) is 5.81. The summed E-state index contributed by atoms with van der Waals surface area (Å²) in [4.78, 5) is 0. The average Bonchev–Trinajstić information content (AvgIpc) is 2.62. The van der Waals surface area contributed by atoms with E-state index in [0.717, 1.165) is 11.4 Å². The molecule has 1 atom stereocenters. The van der Waals surface area contributed by atoms with Crippen LogP contribution in [0, 0.1) is 0 Å². The van der Waals surface area contributed by atoms with Crippen LogP contribution >= 0.6 is 0 Å². The summed E-state index contributed by atoms with van der Waals surface area (Å²) in [6, 6.07) is 0. The maximum Gasteiger partial charge on any atom is 0.215 e. The topological polar surface area (TPSA) is 27.1 Å². The van der Waals surface area contributed by atoms with Gasteiger partial charge in [-0.15, -0.1) is 0 Å². The fourth-order valence-corrected chi connectivity index (χ4v) is 1.58. The van der Waals surface area contributed by atoms with Crippen LogP contribution in [0.25, 0.3) is 0 Å². The lowest BCUT2D eigenvalue weighted by molar-refractivity contribution is 0.123. The number of aromatic nitrogens is 2. The van der Waals surface area contributed by atoms with Crippen LogP contribution in [0.2, 0.25) is 0 Å². The minimum Gasteiger partial charge on any atom is -0.474 e. The number of alkyl halides is 1. The molecule has 0 amide bonds. The molecule has 92 valence electrons. The maximum atomic E-state index is 13.0. The molecule has 1 aromatic heterocycles. The highest BCUT2D eigenvalue weighted by Crippen LogP contribution is 2.33. The van der Waals surface area contributed by atoms with Crippen LogP contribution in [-0.2, 0) is 12.0 Å². The molecule has 0 N–H and O–H groups in total. The summed E-state index contributed by atoms with van der Waals surface area (Å²) in [6.07, 6.45) is 0.836. The largest absolute Gasteiger partial charge is 0.474 e. The van der Waals surface area contributed by atoms with Crippen molar-refractivity contribution in [1.29, 1.82) is 0 Å². The molecule has 0 aromatic carbocycles. The molecular formula is C12H21FN2O. The molecule has 2 heterocycles. The molecule has 3 nitrogen and oxygen atoms in total. The summed E-state index contributed by atoms with van der Waals surface area (Å²) >= 11 is 0. The van der Waals surface area contributed by atoms with Crippen molar-refractivity contribution in [3.8, 4) is 5.88 Å². The molecule has 2 rings (SSSR count). The van der Waals surface area contributed by atoms with Gasteiger partial charge >= 0.3 is 0 Å². The number of rotatable bonds is 0. The van der Waals surface area contributed by atoms with Gasteiger partial charge in [-0.2, -0.15) is 5.10 Å². The Morgan fingerprint density at radius 1 is 1.44 bits per heavy atom. The second-order valence-electron chi connectivity index (χ2n) is 4.70. The van der Waals surface area contributed by atoms with Gasteiger partial charge in [-0.25, -0.2) is 9.07 Å². The van der Waals surface area contributed by atoms with Gasteiger partial charge in [0.2, 0.25) is 5.88 Å². The molecule has 0 fully saturated rings. The summed E-state index contributed by atoms with van der Waals surface area (Å²) in [7, 11) is 0. The molecule has 0 saturated carbocycles. The molecule has 0 spiro atoms. The zero-order chi connectivity index (χ0) is 12.3. The normalized spacial score (nSPS) is 19.2. The zero-order valence-electron chi connectivity index (χ0n) is 10.7. The van der Waals surface area contributed by atoms with Crippen molar-refractivity contribution in [2.24, 2.45) is 0 Å². The van der Waals surface area contributed by atoms with Gasteiger partial charge in [-0.3, -0.25) is 0 Å². The van der Waals surface area contributed by atoms with Gasteiger partial charge in [-0.05, 0) is 5.41 Å². The fourth-order valence-electron chi connectivity index (χ4n) is 1.58. The Hall–Kier alpha value is -1.06. The minimum absolute atomic E-state index is 0.00324. The lowest BCUT2D eigenvalue weighted by Gasteiger charge is -2.23. The Morgan fingerprint density at radius 3 is 2.62 bits per heavy atom. The van der Waals surface area contributed by atoms with E-state index in [9.17, 15) is 4.39 Å². The SMILES string of the molecule is CC.CC(C)(C)c1cnn2c1OCC(F)C2. The summed E-state index contributed by atoms with van der Waals surface area (Å²) in [5.41, 5.74) is 1.04. The highest BCUT2D eigenvalue weighted by molar-refractivity contribution is 5.31.